The summed E-state index contributed by atoms with van der Waals surface area (Å²) < 4.78 is 16.1. The Kier molecular flexibility index (Phi) is 6.98. The fraction of sp³-hybridized carbons (Fsp3) is 0.190. The van der Waals surface area contributed by atoms with Crippen LogP contribution < -0.4 is 15.8 Å². The number of thiophene rings is 1. The van der Waals surface area contributed by atoms with Crippen LogP contribution in [0.25, 0.3) is 0 Å². The molecule has 0 saturated heterocycles. The smallest absolute Gasteiger partial charge is 0.341 e. The number of carbonyl (C=O) groups is 3. The van der Waals surface area contributed by atoms with Gasteiger partial charge in [-0.05, 0) is 43.7 Å². The van der Waals surface area contributed by atoms with Crippen molar-refractivity contribution in [3.05, 3.63) is 68.9 Å². The minimum absolute atomic E-state index is 0.000699. The second-order valence-electron chi connectivity index (χ2n) is 6.28. The SMILES string of the molecule is CCOC(=O)c1c(NC(=O)c2ccc(COc3ccccc3Cl)o2)sc(C(N)=O)c1C. The second-order valence-corrected chi connectivity index (χ2v) is 7.71. The third-order valence-corrected chi connectivity index (χ3v) is 5.70. The van der Waals surface area contributed by atoms with Gasteiger partial charge in [-0.3, -0.25) is 9.59 Å². The Morgan fingerprint density at radius 3 is 2.61 bits per heavy atom. The van der Waals surface area contributed by atoms with Gasteiger partial charge in [0.25, 0.3) is 11.8 Å². The van der Waals surface area contributed by atoms with Crippen LogP contribution in [-0.2, 0) is 11.3 Å². The van der Waals surface area contributed by atoms with Gasteiger partial charge in [-0.25, -0.2) is 4.79 Å². The Bertz CT molecular complexity index is 1140. The number of esters is 1. The third-order valence-electron chi connectivity index (χ3n) is 4.17. The predicted octanol–water partition coefficient (Wildman–Crippen LogP) is 4.41. The Morgan fingerprint density at radius 1 is 1.19 bits per heavy atom. The van der Waals surface area contributed by atoms with E-state index in [2.05, 4.69) is 5.32 Å². The maximum atomic E-state index is 12.7. The first kappa shape index (κ1) is 22.4. The molecule has 0 bridgehead atoms. The number of carbonyl (C=O) groups excluding carboxylic acids is 3. The molecule has 3 N–H and O–H groups in total. The monoisotopic (exact) mass is 462 g/mol. The highest BCUT2D eigenvalue weighted by Gasteiger charge is 2.26. The van der Waals surface area contributed by atoms with Crippen LogP contribution >= 0.6 is 22.9 Å². The van der Waals surface area contributed by atoms with Crippen LogP contribution in [0.1, 0.15) is 48.8 Å². The van der Waals surface area contributed by atoms with E-state index in [1.54, 1.807) is 44.2 Å². The van der Waals surface area contributed by atoms with Crippen molar-refractivity contribution in [2.75, 3.05) is 11.9 Å². The van der Waals surface area contributed by atoms with E-state index in [9.17, 15) is 14.4 Å². The number of hydrogen-bond acceptors (Lipinski definition) is 7. The van der Waals surface area contributed by atoms with E-state index in [-0.39, 0.29) is 34.4 Å². The largest absolute Gasteiger partial charge is 0.484 e. The molecular weight excluding hydrogens is 444 g/mol. The second kappa shape index (κ2) is 9.67. The molecule has 0 aliphatic heterocycles. The predicted molar refractivity (Wildman–Crippen MR) is 116 cm³/mol. The van der Waals surface area contributed by atoms with Gasteiger partial charge >= 0.3 is 5.97 Å². The summed E-state index contributed by atoms with van der Waals surface area (Å²) in [6.07, 6.45) is 0. The highest BCUT2D eigenvalue weighted by molar-refractivity contribution is 7.18. The molecule has 3 rings (SSSR count). The average molecular weight is 463 g/mol. The van der Waals surface area contributed by atoms with Crippen LogP contribution in [0.3, 0.4) is 0 Å². The Labute approximate surface area is 186 Å². The number of amides is 2. The van der Waals surface area contributed by atoms with Crippen molar-refractivity contribution in [3.63, 3.8) is 0 Å². The van der Waals surface area contributed by atoms with E-state index in [0.717, 1.165) is 11.3 Å². The number of rotatable bonds is 8. The molecule has 0 aliphatic carbocycles. The lowest BCUT2D eigenvalue weighted by molar-refractivity contribution is 0.0527. The summed E-state index contributed by atoms with van der Waals surface area (Å²) in [6.45, 7) is 3.42. The van der Waals surface area contributed by atoms with Crippen molar-refractivity contribution in [1.82, 2.24) is 0 Å². The molecule has 2 amide bonds. The summed E-state index contributed by atoms with van der Waals surface area (Å²) in [5, 5.41) is 3.20. The van der Waals surface area contributed by atoms with Gasteiger partial charge in [0, 0.05) is 0 Å². The molecule has 0 aliphatic rings. The number of nitrogens with one attached hydrogen (secondary N) is 1. The van der Waals surface area contributed by atoms with Gasteiger partial charge in [-0.1, -0.05) is 23.7 Å². The molecule has 0 unspecified atom stereocenters. The van der Waals surface area contributed by atoms with Crippen LogP contribution in [-0.4, -0.2) is 24.4 Å². The van der Waals surface area contributed by atoms with Gasteiger partial charge in [0.2, 0.25) is 0 Å². The molecule has 2 heterocycles. The topological polar surface area (TPSA) is 121 Å². The first-order valence-corrected chi connectivity index (χ1v) is 10.4. The van der Waals surface area contributed by atoms with Crippen LogP contribution in [0.15, 0.2) is 40.8 Å². The number of primary amides is 1. The van der Waals surface area contributed by atoms with Crippen LogP contribution in [0, 0.1) is 6.92 Å². The zero-order valence-electron chi connectivity index (χ0n) is 16.7. The van der Waals surface area contributed by atoms with Gasteiger partial charge in [0.1, 0.15) is 23.1 Å². The molecule has 2 aromatic heterocycles. The zero-order chi connectivity index (χ0) is 22.5. The van der Waals surface area contributed by atoms with Gasteiger partial charge < -0.3 is 24.9 Å². The van der Waals surface area contributed by atoms with Crippen LogP contribution in [0.2, 0.25) is 5.02 Å². The average Bonchev–Trinajstić information content (AvgIpc) is 3.32. The molecule has 10 heteroatoms. The maximum absolute atomic E-state index is 12.7. The van der Waals surface area contributed by atoms with E-state index in [4.69, 9.17) is 31.2 Å². The third kappa shape index (κ3) is 5.07. The fourth-order valence-electron chi connectivity index (χ4n) is 2.74. The summed E-state index contributed by atoms with van der Waals surface area (Å²) in [5.74, 6) is -1.08. The molecule has 162 valence electrons. The highest BCUT2D eigenvalue weighted by atomic mass is 35.5. The summed E-state index contributed by atoms with van der Waals surface area (Å²) in [7, 11) is 0. The summed E-state index contributed by atoms with van der Waals surface area (Å²) >= 11 is 6.95. The van der Waals surface area contributed by atoms with Crippen molar-refractivity contribution in [2.24, 2.45) is 5.73 Å². The zero-order valence-corrected chi connectivity index (χ0v) is 18.3. The number of hydrogen-bond donors (Lipinski definition) is 2. The van der Waals surface area contributed by atoms with Crippen molar-refractivity contribution < 1.29 is 28.3 Å². The fourth-order valence-corrected chi connectivity index (χ4v) is 3.97. The summed E-state index contributed by atoms with van der Waals surface area (Å²) in [5.41, 5.74) is 5.81. The molecule has 3 aromatic rings. The van der Waals surface area contributed by atoms with Crippen molar-refractivity contribution >= 4 is 45.7 Å². The minimum Gasteiger partial charge on any atom is -0.484 e. The first-order chi connectivity index (χ1) is 14.8. The molecule has 1 aromatic carbocycles. The maximum Gasteiger partial charge on any atom is 0.341 e. The number of anilines is 1. The molecule has 0 saturated carbocycles. The summed E-state index contributed by atoms with van der Waals surface area (Å²) in [6, 6.07) is 10.0. The quantitative estimate of drug-likeness (QED) is 0.478. The van der Waals surface area contributed by atoms with Gasteiger partial charge in [0.05, 0.1) is 22.1 Å². The standard InChI is InChI=1S/C21H19ClN2O6S/c1-3-28-21(27)16-11(2)17(18(23)25)31-20(16)24-19(26)15-9-8-12(30-15)10-29-14-7-5-4-6-13(14)22/h4-9H,3,10H2,1-2H3,(H2,23,25)(H,24,26). The lowest BCUT2D eigenvalue weighted by atomic mass is 10.1. The molecule has 0 spiro atoms. The van der Waals surface area contributed by atoms with Crippen LogP contribution in [0.5, 0.6) is 5.75 Å². The Morgan fingerprint density at radius 2 is 1.94 bits per heavy atom. The molecule has 0 atom stereocenters. The van der Waals surface area contributed by atoms with Gasteiger partial charge in [-0.2, -0.15) is 0 Å². The molecular formula is C21H19ClN2O6S. The summed E-state index contributed by atoms with van der Waals surface area (Å²) in [4.78, 5) is 36.8. The van der Waals surface area contributed by atoms with E-state index < -0.39 is 17.8 Å². The Hall–Kier alpha value is -3.30. The van der Waals surface area contributed by atoms with E-state index in [1.807, 2.05) is 0 Å². The van der Waals surface area contributed by atoms with Gasteiger partial charge in [0.15, 0.2) is 5.76 Å². The van der Waals surface area contributed by atoms with Crippen molar-refractivity contribution in [3.8, 4) is 5.75 Å². The molecule has 8 nitrogen and oxygen atoms in total. The molecule has 0 radical (unpaired) electrons. The van der Waals surface area contributed by atoms with Crippen molar-refractivity contribution in [1.29, 1.82) is 0 Å². The number of ether oxygens (including phenoxy) is 2. The van der Waals surface area contributed by atoms with E-state index in [1.165, 1.54) is 6.07 Å². The van der Waals surface area contributed by atoms with Gasteiger partial charge in [-0.15, -0.1) is 11.3 Å². The van der Waals surface area contributed by atoms with Crippen LogP contribution in [0.4, 0.5) is 5.00 Å². The number of furan rings is 1. The van der Waals surface area contributed by atoms with E-state index in [0.29, 0.717) is 22.1 Å². The number of para-hydroxylation sites is 1. The highest BCUT2D eigenvalue weighted by Crippen LogP contribution is 2.34. The lowest BCUT2D eigenvalue weighted by Crippen LogP contribution is -2.14. The van der Waals surface area contributed by atoms with Crippen molar-refractivity contribution in [2.45, 2.75) is 20.5 Å². The molecule has 0 fully saturated rings. The van der Waals surface area contributed by atoms with E-state index >= 15 is 0 Å². The first-order valence-electron chi connectivity index (χ1n) is 9.19. The molecule has 31 heavy (non-hydrogen) atoms. The number of halogens is 1. The number of nitrogens with two attached hydrogens (primary N) is 1. The normalized spacial score (nSPS) is 10.5. The lowest BCUT2D eigenvalue weighted by Gasteiger charge is -2.06. The minimum atomic E-state index is -0.703. The Balaban J connectivity index is 1.76. The number of benzene rings is 1.